The van der Waals surface area contributed by atoms with E-state index in [9.17, 15) is 0 Å². The molecule has 134 valence electrons. The number of unbranched alkanes of at least 4 members (excludes halogenated alkanes) is 6. The van der Waals surface area contributed by atoms with Crippen molar-refractivity contribution in [2.75, 3.05) is 0 Å². The smallest absolute Gasteiger partial charge is 0.0663 e. The van der Waals surface area contributed by atoms with E-state index in [1.54, 1.807) is 20.9 Å². The van der Waals surface area contributed by atoms with Crippen molar-refractivity contribution in [2.45, 2.75) is 78.1 Å². The minimum Gasteiger partial charge on any atom is -0.128 e. The number of thiophene rings is 2. The lowest BCUT2D eigenvalue weighted by molar-refractivity contribution is 0.666. The SMILES string of the molecule is CCCCCCc1cc(I)sc1-c1sc(I)cc1CCCCCC. The molecule has 0 bridgehead atoms. The predicted molar refractivity (Wildman–Crippen MR) is 129 cm³/mol. The summed E-state index contributed by atoms with van der Waals surface area (Å²) in [5.41, 5.74) is 3.18. The minimum absolute atomic E-state index is 1.25. The van der Waals surface area contributed by atoms with Crippen LogP contribution >= 0.6 is 67.9 Å². The summed E-state index contributed by atoms with van der Waals surface area (Å²) in [5, 5.41) is 0. The summed E-state index contributed by atoms with van der Waals surface area (Å²) < 4.78 is 2.88. The van der Waals surface area contributed by atoms with E-state index >= 15 is 0 Å². The molecular weight excluding hydrogens is 558 g/mol. The highest BCUT2D eigenvalue weighted by molar-refractivity contribution is 14.1. The van der Waals surface area contributed by atoms with Gasteiger partial charge in [0.25, 0.3) is 0 Å². The molecule has 0 atom stereocenters. The highest BCUT2D eigenvalue weighted by Crippen LogP contribution is 2.42. The Morgan fingerprint density at radius 2 is 1.08 bits per heavy atom. The molecule has 0 unspecified atom stereocenters. The van der Waals surface area contributed by atoms with Crippen LogP contribution in [0.5, 0.6) is 0 Å². The summed E-state index contributed by atoms with van der Waals surface area (Å²) >= 11 is 8.99. The maximum Gasteiger partial charge on any atom is 0.0663 e. The standard InChI is InChI=1S/C20H28I2S2/c1-3-5-7-9-11-15-13-17(21)23-19(15)20-16(14-18(22)24-20)12-10-8-6-4-2/h13-14H,3-12H2,1-2H3. The second kappa shape index (κ2) is 11.5. The normalized spacial score (nSPS) is 11.3. The third-order valence-electron chi connectivity index (χ3n) is 4.36. The van der Waals surface area contributed by atoms with Crippen molar-refractivity contribution in [2.24, 2.45) is 0 Å². The molecule has 0 aliphatic rings. The van der Waals surface area contributed by atoms with Gasteiger partial charge in [-0.2, -0.15) is 0 Å². The molecule has 0 radical (unpaired) electrons. The van der Waals surface area contributed by atoms with Gasteiger partial charge >= 0.3 is 0 Å². The van der Waals surface area contributed by atoms with Gasteiger partial charge in [-0.3, -0.25) is 0 Å². The van der Waals surface area contributed by atoms with Gasteiger partial charge in [0.2, 0.25) is 0 Å². The number of rotatable bonds is 11. The molecule has 0 spiro atoms. The summed E-state index contributed by atoms with van der Waals surface area (Å²) in [5.74, 6) is 0. The van der Waals surface area contributed by atoms with E-state index in [1.807, 2.05) is 22.7 Å². The Balaban J connectivity index is 2.12. The zero-order valence-corrected chi connectivity index (χ0v) is 20.7. The summed E-state index contributed by atoms with van der Waals surface area (Å²) in [6, 6.07) is 4.86. The average molecular weight is 586 g/mol. The van der Waals surface area contributed by atoms with Gasteiger partial charge in [0.1, 0.15) is 0 Å². The molecule has 2 aromatic heterocycles. The van der Waals surface area contributed by atoms with E-state index < -0.39 is 0 Å². The van der Waals surface area contributed by atoms with E-state index in [2.05, 4.69) is 71.2 Å². The first kappa shape index (κ1) is 21.2. The summed E-state index contributed by atoms with van der Waals surface area (Å²) in [6.45, 7) is 4.58. The quantitative estimate of drug-likeness (QED) is 0.182. The molecule has 0 aliphatic heterocycles. The second-order valence-corrected chi connectivity index (χ2v) is 12.3. The van der Waals surface area contributed by atoms with Crippen LogP contribution in [0.1, 0.15) is 76.3 Å². The number of aryl methyl sites for hydroxylation is 2. The van der Waals surface area contributed by atoms with Crippen molar-refractivity contribution >= 4 is 67.9 Å². The van der Waals surface area contributed by atoms with Crippen LogP contribution in [0.3, 0.4) is 0 Å². The highest BCUT2D eigenvalue weighted by atomic mass is 127. The fraction of sp³-hybridized carbons (Fsp3) is 0.600. The molecule has 0 fully saturated rings. The molecule has 0 saturated heterocycles. The van der Waals surface area contributed by atoms with Gasteiger partial charge in [-0.15, -0.1) is 22.7 Å². The largest absolute Gasteiger partial charge is 0.128 e. The van der Waals surface area contributed by atoms with Crippen LogP contribution in [-0.2, 0) is 12.8 Å². The monoisotopic (exact) mass is 586 g/mol. The lowest BCUT2D eigenvalue weighted by Gasteiger charge is -2.06. The van der Waals surface area contributed by atoms with E-state index in [0.717, 1.165) is 0 Å². The minimum atomic E-state index is 1.25. The van der Waals surface area contributed by atoms with Crippen LogP contribution in [-0.4, -0.2) is 0 Å². The predicted octanol–water partition coefficient (Wildman–Crippen LogP) is 8.93. The lowest BCUT2D eigenvalue weighted by atomic mass is 10.0. The summed E-state index contributed by atoms with van der Waals surface area (Å²) in [7, 11) is 0. The molecule has 0 nitrogen and oxygen atoms in total. The Labute approximate surface area is 183 Å². The van der Waals surface area contributed by atoms with Crippen LogP contribution in [0.25, 0.3) is 9.75 Å². The van der Waals surface area contributed by atoms with Gasteiger partial charge in [0.05, 0.1) is 5.77 Å². The average Bonchev–Trinajstić information content (AvgIpc) is 3.10. The molecule has 2 aromatic rings. The van der Waals surface area contributed by atoms with Crippen LogP contribution in [0, 0.1) is 5.77 Å². The Morgan fingerprint density at radius 3 is 1.46 bits per heavy atom. The Bertz CT molecular complexity index is 559. The van der Waals surface area contributed by atoms with E-state index in [1.165, 1.54) is 70.0 Å². The van der Waals surface area contributed by atoms with Gasteiger partial charge in [-0.1, -0.05) is 52.4 Å². The van der Waals surface area contributed by atoms with Crippen molar-refractivity contribution in [3.63, 3.8) is 0 Å². The van der Waals surface area contributed by atoms with Crippen molar-refractivity contribution < 1.29 is 0 Å². The summed E-state index contributed by atoms with van der Waals surface area (Å²) in [6.07, 6.45) is 13.3. The van der Waals surface area contributed by atoms with Crippen LogP contribution < -0.4 is 0 Å². The van der Waals surface area contributed by atoms with Crippen LogP contribution in [0.15, 0.2) is 12.1 Å². The fourth-order valence-corrected chi connectivity index (χ4v) is 7.18. The van der Waals surface area contributed by atoms with Gasteiger partial charge < -0.3 is 0 Å². The first-order chi connectivity index (χ1) is 11.7. The van der Waals surface area contributed by atoms with Crippen LogP contribution in [0.4, 0.5) is 0 Å². The molecule has 0 aliphatic carbocycles. The van der Waals surface area contributed by atoms with E-state index in [-0.39, 0.29) is 0 Å². The van der Waals surface area contributed by atoms with E-state index in [0.29, 0.717) is 0 Å². The maximum atomic E-state index is 2.50. The Morgan fingerprint density at radius 1 is 0.667 bits per heavy atom. The van der Waals surface area contributed by atoms with Crippen molar-refractivity contribution in [1.29, 1.82) is 0 Å². The Kier molecular flexibility index (Phi) is 10.2. The van der Waals surface area contributed by atoms with Gasteiger partial charge in [0, 0.05) is 9.75 Å². The van der Waals surface area contributed by atoms with Gasteiger partial charge in [0.15, 0.2) is 0 Å². The first-order valence-corrected chi connectivity index (χ1v) is 13.0. The third kappa shape index (κ3) is 6.54. The third-order valence-corrected chi connectivity index (χ3v) is 8.40. The molecule has 2 rings (SSSR count). The van der Waals surface area contributed by atoms with Crippen molar-refractivity contribution in [3.05, 3.63) is 29.0 Å². The van der Waals surface area contributed by atoms with Crippen molar-refractivity contribution in [3.8, 4) is 9.75 Å². The van der Waals surface area contributed by atoms with E-state index in [4.69, 9.17) is 0 Å². The van der Waals surface area contributed by atoms with Gasteiger partial charge in [-0.25, -0.2) is 0 Å². The van der Waals surface area contributed by atoms with Gasteiger partial charge in [-0.05, 0) is 94.1 Å². The van der Waals surface area contributed by atoms with Crippen molar-refractivity contribution in [1.82, 2.24) is 0 Å². The number of hydrogen-bond acceptors (Lipinski definition) is 2. The molecule has 0 saturated carbocycles. The first-order valence-electron chi connectivity index (χ1n) is 9.22. The molecule has 24 heavy (non-hydrogen) atoms. The topological polar surface area (TPSA) is 0 Å². The molecule has 0 N–H and O–H groups in total. The zero-order valence-electron chi connectivity index (χ0n) is 14.8. The molecule has 0 amide bonds. The molecule has 2 heterocycles. The molecule has 0 aromatic carbocycles. The molecular formula is C20H28I2S2. The highest BCUT2D eigenvalue weighted by Gasteiger charge is 2.16. The molecule has 4 heteroatoms. The Hall–Kier alpha value is 0.860. The fourth-order valence-electron chi connectivity index (χ4n) is 3.03. The number of hydrogen-bond donors (Lipinski definition) is 0. The van der Waals surface area contributed by atoms with Crippen LogP contribution in [0.2, 0.25) is 0 Å². The zero-order chi connectivity index (χ0) is 17.4. The lowest BCUT2D eigenvalue weighted by Crippen LogP contribution is -1.89. The second-order valence-electron chi connectivity index (χ2n) is 6.43. The summed E-state index contributed by atoms with van der Waals surface area (Å²) in [4.78, 5) is 3.13. The maximum absolute atomic E-state index is 2.50. The number of halogens is 2.